The molecule has 3 aromatic carbocycles. The Morgan fingerprint density at radius 1 is 1.06 bits per heavy atom. The molecule has 1 atom stereocenters. The van der Waals surface area contributed by atoms with Gasteiger partial charge in [0.2, 0.25) is 0 Å². The fourth-order valence-electron chi connectivity index (χ4n) is 3.19. The summed E-state index contributed by atoms with van der Waals surface area (Å²) in [6.45, 7) is 0.309. The summed E-state index contributed by atoms with van der Waals surface area (Å²) in [5.74, 6) is -0.226. The van der Waals surface area contributed by atoms with Gasteiger partial charge in [0, 0.05) is 39.4 Å². The Labute approximate surface area is 215 Å². The third kappa shape index (κ3) is 6.36. The largest absolute Gasteiger partial charge is 0.382 e. The van der Waals surface area contributed by atoms with Crippen LogP contribution in [0.1, 0.15) is 22.0 Å². The van der Waals surface area contributed by atoms with E-state index in [1.165, 1.54) is 6.07 Å². The van der Waals surface area contributed by atoms with Crippen molar-refractivity contribution in [3.05, 3.63) is 91.8 Å². The van der Waals surface area contributed by atoms with Crippen LogP contribution >= 0.6 is 43.5 Å². The zero-order valence-corrected chi connectivity index (χ0v) is 22.5. The molecule has 1 unspecified atom stereocenters. The van der Waals surface area contributed by atoms with E-state index in [1.54, 1.807) is 67.6 Å². The van der Waals surface area contributed by atoms with Gasteiger partial charge in [-0.1, -0.05) is 39.7 Å². The number of benzene rings is 3. The number of halogens is 3. The molecule has 10 heteroatoms. The summed E-state index contributed by atoms with van der Waals surface area (Å²) in [5, 5.41) is 0.608. The Morgan fingerprint density at radius 2 is 1.70 bits per heavy atom. The molecule has 33 heavy (non-hydrogen) atoms. The topological polar surface area (TPSA) is 75.7 Å². The first-order chi connectivity index (χ1) is 15.6. The third-order valence-corrected chi connectivity index (χ3v) is 8.05. The van der Waals surface area contributed by atoms with Crippen LogP contribution in [0.25, 0.3) is 0 Å². The number of ether oxygens (including phenoxy) is 1. The highest BCUT2D eigenvalue weighted by Gasteiger charge is 2.23. The smallest absolute Gasteiger partial charge is 0.263 e. The molecule has 174 valence electrons. The van der Waals surface area contributed by atoms with Crippen molar-refractivity contribution in [3.8, 4) is 0 Å². The summed E-state index contributed by atoms with van der Waals surface area (Å²) >= 11 is 12.5. The van der Waals surface area contributed by atoms with Gasteiger partial charge < -0.3 is 9.64 Å². The highest BCUT2D eigenvalue weighted by Crippen LogP contribution is 2.28. The Bertz CT molecular complexity index is 1240. The number of nitrogens with one attached hydrogen (secondary N) is 1. The Balaban J connectivity index is 1.79. The number of hydrogen-bond donors (Lipinski definition) is 1. The number of rotatable bonds is 8. The van der Waals surface area contributed by atoms with Crippen molar-refractivity contribution >= 4 is 65.1 Å². The molecule has 6 nitrogen and oxygen atoms in total. The highest BCUT2D eigenvalue weighted by atomic mass is 79.9. The molecule has 3 rings (SSSR count). The normalized spacial score (nSPS) is 12.3. The molecule has 0 aromatic heterocycles. The zero-order valence-electron chi connectivity index (χ0n) is 17.8. The molecule has 0 heterocycles. The molecule has 0 bridgehead atoms. The summed E-state index contributed by atoms with van der Waals surface area (Å²) in [5.41, 5.74) is 1.65. The number of sulfonamides is 1. The van der Waals surface area contributed by atoms with E-state index in [0.717, 1.165) is 5.56 Å². The fourth-order valence-corrected chi connectivity index (χ4v) is 5.88. The molecule has 0 saturated carbocycles. The number of nitrogens with zero attached hydrogens (tertiary/aromatic N) is 1. The van der Waals surface area contributed by atoms with Gasteiger partial charge in [-0.15, -0.1) is 0 Å². The van der Waals surface area contributed by atoms with E-state index < -0.39 is 10.0 Å². The second-order valence-corrected chi connectivity index (χ2v) is 11.1. The van der Waals surface area contributed by atoms with Crippen LogP contribution in [0, 0.1) is 0 Å². The Morgan fingerprint density at radius 3 is 2.30 bits per heavy atom. The van der Waals surface area contributed by atoms with Crippen molar-refractivity contribution in [1.29, 1.82) is 0 Å². The summed E-state index contributed by atoms with van der Waals surface area (Å²) in [7, 11) is -0.554. The van der Waals surface area contributed by atoms with E-state index in [0.29, 0.717) is 31.8 Å². The number of likely N-dealkylation sites (N-methyl/N-ethyl adjacent to an activating group) is 1. The molecule has 1 N–H and O–H groups in total. The summed E-state index contributed by atoms with van der Waals surface area (Å²) in [6, 6.07) is 18.1. The Hall–Kier alpha value is -1.91. The van der Waals surface area contributed by atoms with E-state index in [4.69, 9.17) is 16.3 Å². The van der Waals surface area contributed by atoms with Crippen LogP contribution in [-0.4, -0.2) is 40.0 Å². The van der Waals surface area contributed by atoms with E-state index in [-0.39, 0.29) is 16.8 Å². The maximum absolute atomic E-state index is 13.1. The maximum Gasteiger partial charge on any atom is 0.263 e. The average Bonchev–Trinajstić information content (AvgIpc) is 2.79. The van der Waals surface area contributed by atoms with Gasteiger partial charge in [0.25, 0.3) is 15.9 Å². The number of anilines is 1. The SMILES string of the molecule is COCC(c1ccc(Cl)cc1)N(C)C(=O)c1ccc(NS(=O)(=O)c2cc(Br)ccc2Br)cc1. The summed E-state index contributed by atoms with van der Waals surface area (Å²) in [6.07, 6.45) is 0. The van der Waals surface area contributed by atoms with Crippen molar-refractivity contribution in [3.63, 3.8) is 0 Å². The van der Waals surface area contributed by atoms with Crippen LogP contribution in [0.4, 0.5) is 5.69 Å². The van der Waals surface area contributed by atoms with Gasteiger partial charge in [0.05, 0.1) is 12.6 Å². The first kappa shape index (κ1) is 25.7. The standard InChI is InChI=1S/C23H21Br2ClN2O4S/c1-28(21(14-32-2)15-3-8-18(26)9-4-15)23(29)16-5-10-19(11-6-16)27-33(30,31)22-13-17(24)7-12-20(22)25/h3-13,21,27H,14H2,1-2H3. The minimum absolute atomic E-state index is 0.0992. The predicted molar refractivity (Wildman–Crippen MR) is 137 cm³/mol. The highest BCUT2D eigenvalue weighted by molar-refractivity contribution is 9.11. The van der Waals surface area contributed by atoms with Gasteiger partial charge in [-0.3, -0.25) is 9.52 Å². The van der Waals surface area contributed by atoms with Gasteiger partial charge >= 0.3 is 0 Å². The van der Waals surface area contributed by atoms with Crippen LogP contribution in [0.15, 0.2) is 80.6 Å². The first-order valence-electron chi connectivity index (χ1n) is 9.72. The number of carbonyl (C=O) groups excluding carboxylic acids is 1. The molecule has 0 spiro atoms. The molecule has 0 fully saturated rings. The van der Waals surface area contributed by atoms with Crippen molar-refractivity contribution < 1.29 is 17.9 Å². The number of methoxy groups -OCH3 is 1. The predicted octanol–water partition coefficient (Wildman–Crippen LogP) is 6.13. The van der Waals surface area contributed by atoms with Gasteiger partial charge in [0.1, 0.15) is 4.90 Å². The molecule has 0 aliphatic carbocycles. The molecular weight excluding hydrogens is 596 g/mol. The minimum atomic E-state index is -3.83. The number of carbonyl (C=O) groups is 1. The molecule has 0 radical (unpaired) electrons. The second kappa shape index (κ2) is 11.0. The van der Waals surface area contributed by atoms with Crippen molar-refractivity contribution in [2.75, 3.05) is 25.5 Å². The second-order valence-electron chi connectivity index (χ2n) is 7.20. The van der Waals surface area contributed by atoms with Crippen molar-refractivity contribution in [2.45, 2.75) is 10.9 Å². The molecule has 0 aliphatic rings. The van der Waals surface area contributed by atoms with Crippen molar-refractivity contribution in [2.24, 2.45) is 0 Å². The minimum Gasteiger partial charge on any atom is -0.382 e. The quantitative estimate of drug-likeness (QED) is 0.331. The van der Waals surface area contributed by atoms with Crippen LogP contribution in [0.5, 0.6) is 0 Å². The van der Waals surface area contributed by atoms with E-state index >= 15 is 0 Å². The van der Waals surface area contributed by atoms with Crippen LogP contribution in [-0.2, 0) is 14.8 Å². The van der Waals surface area contributed by atoms with E-state index in [2.05, 4.69) is 36.6 Å². The average molecular weight is 617 g/mol. The lowest BCUT2D eigenvalue weighted by atomic mass is 10.1. The number of amides is 1. The molecular formula is C23H21Br2ClN2O4S. The zero-order chi connectivity index (χ0) is 24.2. The lowest BCUT2D eigenvalue weighted by Gasteiger charge is -2.28. The molecule has 0 aliphatic heterocycles. The van der Waals surface area contributed by atoms with E-state index in [9.17, 15) is 13.2 Å². The van der Waals surface area contributed by atoms with Crippen molar-refractivity contribution in [1.82, 2.24) is 4.90 Å². The molecule has 3 aromatic rings. The van der Waals surface area contributed by atoms with Crippen LogP contribution in [0.3, 0.4) is 0 Å². The monoisotopic (exact) mass is 614 g/mol. The maximum atomic E-state index is 13.1. The first-order valence-corrected chi connectivity index (χ1v) is 13.2. The molecule has 1 amide bonds. The Kier molecular flexibility index (Phi) is 8.58. The molecule has 0 saturated heterocycles. The fraction of sp³-hybridized carbons (Fsp3) is 0.174. The van der Waals surface area contributed by atoms with Gasteiger partial charge in [-0.25, -0.2) is 8.42 Å². The van der Waals surface area contributed by atoms with E-state index in [1.807, 2.05) is 12.1 Å². The van der Waals surface area contributed by atoms with Gasteiger partial charge in [-0.2, -0.15) is 0 Å². The third-order valence-electron chi connectivity index (χ3n) is 4.93. The number of hydrogen-bond acceptors (Lipinski definition) is 4. The lowest BCUT2D eigenvalue weighted by molar-refractivity contribution is 0.0602. The van der Waals surface area contributed by atoms with Crippen LogP contribution in [0.2, 0.25) is 5.02 Å². The van der Waals surface area contributed by atoms with Crippen LogP contribution < -0.4 is 4.72 Å². The summed E-state index contributed by atoms with van der Waals surface area (Å²) < 4.78 is 34.5. The van der Waals surface area contributed by atoms with Gasteiger partial charge in [0.15, 0.2) is 0 Å². The summed E-state index contributed by atoms with van der Waals surface area (Å²) in [4.78, 5) is 14.8. The lowest BCUT2D eigenvalue weighted by Crippen LogP contribution is -2.33. The van der Waals surface area contributed by atoms with Gasteiger partial charge in [-0.05, 0) is 76.1 Å².